The molecule has 1 N–H and O–H groups in total. The van der Waals surface area contributed by atoms with Crippen molar-refractivity contribution in [1.29, 1.82) is 0 Å². The van der Waals surface area contributed by atoms with Gasteiger partial charge in [0.1, 0.15) is 0 Å². The van der Waals surface area contributed by atoms with E-state index in [2.05, 4.69) is 0 Å². The summed E-state index contributed by atoms with van der Waals surface area (Å²) in [6.45, 7) is 3.09. The number of fused-ring (bicyclic) bond motifs is 1. The van der Waals surface area contributed by atoms with Crippen LogP contribution in [-0.2, 0) is 26.0 Å². The Labute approximate surface area is 166 Å². The topological polar surface area (TPSA) is 95.0 Å². The average molecular weight is 409 g/mol. The number of piperidine rings is 1. The van der Waals surface area contributed by atoms with Gasteiger partial charge in [0.2, 0.25) is 15.9 Å². The quantitative estimate of drug-likeness (QED) is 0.749. The molecular weight excluding hydrogens is 380 g/mol. The van der Waals surface area contributed by atoms with Gasteiger partial charge in [-0.15, -0.1) is 0 Å². The van der Waals surface area contributed by atoms with Gasteiger partial charge in [-0.3, -0.25) is 9.59 Å². The molecule has 2 aliphatic rings. The van der Waals surface area contributed by atoms with E-state index in [1.807, 2.05) is 6.92 Å². The van der Waals surface area contributed by atoms with E-state index in [-0.39, 0.29) is 24.8 Å². The highest BCUT2D eigenvalue weighted by Gasteiger charge is 2.34. The fourth-order valence-corrected chi connectivity index (χ4v) is 5.98. The fraction of sp³-hybridized carbons (Fsp3) is 0.600. The Kier molecular flexibility index (Phi) is 6.40. The zero-order valence-corrected chi connectivity index (χ0v) is 17.1. The average Bonchev–Trinajstić information content (AvgIpc) is 3.11. The van der Waals surface area contributed by atoms with Crippen LogP contribution in [0.25, 0.3) is 0 Å². The molecule has 3 rings (SSSR count). The number of rotatable bonds is 7. The first-order valence-corrected chi connectivity index (χ1v) is 11.5. The first-order valence-electron chi connectivity index (χ1n) is 10.0. The molecule has 1 unspecified atom stereocenters. The molecule has 2 aliphatic heterocycles. The lowest BCUT2D eigenvalue weighted by Crippen LogP contribution is -2.43. The van der Waals surface area contributed by atoms with Crippen molar-refractivity contribution in [2.75, 3.05) is 18.0 Å². The van der Waals surface area contributed by atoms with Crippen LogP contribution in [-0.4, -0.2) is 48.8 Å². The van der Waals surface area contributed by atoms with Crippen molar-refractivity contribution in [2.45, 2.75) is 69.2 Å². The predicted molar refractivity (Wildman–Crippen MR) is 106 cm³/mol. The van der Waals surface area contributed by atoms with Crippen molar-refractivity contribution in [3.63, 3.8) is 0 Å². The SMILES string of the molecule is CCC1CCCCN1S(=O)(=O)c1ccc2c(c1)CCN2C(=O)CCCC(=O)O. The molecule has 1 atom stereocenters. The molecule has 1 aromatic rings. The van der Waals surface area contributed by atoms with Crippen LogP contribution in [0.15, 0.2) is 23.1 Å². The first-order chi connectivity index (χ1) is 13.3. The Hall–Kier alpha value is -1.93. The minimum Gasteiger partial charge on any atom is -0.481 e. The number of carbonyl (C=O) groups excluding carboxylic acids is 1. The Morgan fingerprint density at radius 3 is 2.68 bits per heavy atom. The van der Waals surface area contributed by atoms with E-state index in [9.17, 15) is 18.0 Å². The molecule has 1 aromatic carbocycles. The Balaban J connectivity index is 1.77. The molecule has 7 nitrogen and oxygen atoms in total. The normalized spacial score (nSPS) is 20.2. The third-order valence-corrected chi connectivity index (χ3v) is 7.63. The maximum Gasteiger partial charge on any atom is 0.303 e. The number of anilines is 1. The van der Waals surface area contributed by atoms with E-state index in [1.54, 1.807) is 27.4 Å². The zero-order valence-electron chi connectivity index (χ0n) is 16.3. The number of amides is 1. The lowest BCUT2D eigenvalue weighted by atomic mass is 10.0. The van der Waals surface area contributed by atoms with Crippen LogP contribution in [0, 0.1) is 0 Å². The monoisotopic (exact) mass is 408 g/mol. The number of benzene rings is 1. The summed E-state index contributed by atoms with van der Waals surface area (Å²) in [4.78, 5) is 25.0. The van der Waals surface area contributed by atoms with E-state index >= 15 is 0 Å². The van der Waals surface area contributed by atoms with E-state index < -0.39 is 16.0 Å². The molecular formula is C20H28N2O5S. The summed E-state index contributed by atoms with van der Waals surface area (Å²) in [5.74, 6) is -1.02. The molecule has 1 saturated heterocycles. The number of carbonyl (C=O) groups is 2. The summed E-state index contributed by atoms with van der Waals surface area (Å²) < 4.78 is 28.0. The van der Waals surface area contributed by atoms with Crippen molar-refractivity contribution in [3.05, 3.63) is 23.8 Å². The highest BCUT2D eigenvalue weighted by atomic mass is 32.2. The maximum absolute atomic E-state index is 13.2. The van der Waals surface area contributed by atoms with Gasteiger partial charge in [-0.05, 0) is 55.9 Å². The Morgan fingerprint density at radius 1 is 1.18 bits per heavy atom. The highest BCUT2D eigenvalue weighted by Crippen LogP contribution is 2.33. The number of sulfonamides is 1. The highest BCUT2D eigenvalue weighted by molar-refractivity contribution is 7.89. The summed E-state index contributed by atoms with van der Waals surface area (Å²) in [5, 5.41) is 8.71. The van der Waals surface area contributed by atoms with Crippen molar-refractivity contribution >= 4 is 27.6 Å². The molecule has 0 aliphatic carbocycles. The van der Waals surface area contributed by atoms with Crippen LogP contribution in [0.4, 0.5) is 5.69 Å². The lowest BCUT2D eigenvalue weighted by molar-refractivity contribution is -0.137. The van der Waals surface area contributed by atoms with Crippen LogP contribution in [0.5, 0.6) is 0 Å². The maximum atomic E-state index is 13.2. The Bertz CT molecular complexity index is 852. The van der Waals surface area contributed by atoms with Crippen LogP contribution in [0.3, 0.4) is 0 Å². The van der Waals surface area contributed by atoms with E-state index in [0.717, 1.165) is 36.9 Å². The summed E-state index contributed by atoms with van der Waals surface area (Å²) in [5.41, 5.74) is 1.60. The third kappa shape index (κ3) is 4.22. The predicted octanol–water partition coefficient (Wildman–Crippen LogP) is 2.78. The van der Waals surface area contributed by atoms with Crippen LogP contribution < -0.4 is 4.90 Å². The molecule has 1 fully saturated rings. The second-order valence-corrected chi connectivity index (χ2v) is 9.40. The second-order valence-electron chi connectivity index (χ2n) is 7.51. The van der Waals surface area contributed by atoms with Crippen LogP contribution in [0.2, 0.25) is 0 Å². The van der Waals surface area contributed by atoms with E-state index in [4.69, 9.17) is 5.11 Å². The van der Waals surface area contributed by atoms with Gasteiger partial charge in [0, 0.05) is 37.7 Å². The molecule has 0 bridgehead atoms. The summed E-state index contributed by atoms with van der Waals surface area (Å²) in [6.07, 6.45) is 4.73. The fourth-order valence-electron chi connectivity index (χ4n) is 4.16. The lowest BCUT2D eigenvalue weighted by Gasteiger charge is -2.34. The molecule has 0 radical (unpaired) electrons. The van der Waals surface area contributed by atoms with Crippen LogP contribution >= 0.6 is 0 Å². The van der Waals surface area contributed by atoms with Gasteiger partial charge in [-0.25, -0.2) is 8.42 Å². The first kappa shape index (κ1) is 20.8. The minimum absolute atomic E-state index is 0.0297. The smallest absolute Gasteiger partial charge is 0.303 e. The second kappa shape index (κ2) is 8.61. The Morgan fingerprint density at radius 2 is 1.96 bits per heavy atom. The van der Waals surface area contributed by atoms with Gasteiger partial charge in [0.25, 0.3) is 0 Å². The molecule has 0 aromatic heterocycles. The van der Waals surface area contributed by atoms with Crippen molar-refractivity contribution in [3.8, 4) is 0 Å². The number of aliphatic carboxylic acids is 1. The number of carboxylic acid groups (broad SMARTS) is 1. The largest absolute Gasteiger partial charge is 0.481 e. The summed E-state index contributed by atoms with van der Waals surface area (Å²) in [7, 11) is -3.54. The standard InChI is InChI=1S/C20H28N2O5S/c1-2-16-6-3-4-12-22(16)28(26,27)17-9-10-18-15(14-17)11-13-21(18)19(23)7-5-8-20(24)25/h9-10,14,16H,2-8,11-13H2,1H3,(H,24,25). The molecule has 0 spiro atoms. The van der Waals surface area contributed by atoms with E-state index in [0.29, 0.717) is 30.8 Å². The molecule has 154 valence electrons. The molecule has 2 heterocycles. The van der Waals surface area contributed by atoms with Gasteiger partial charge in [0.05, 0.1) is 4.90 Å². The van der Waals surface area contributed by atoms with Crippen molar-refractivity contribution in [2.24, 2.45) is 0 Å². The van der Waals surface area contributed by atoms with E-state index in [1.165, 1.54) is 0 Å². The summed E-state index contributed by atoms with van der Waals surface area (Å²) >= 11 is 0. The number of nitrogens with zero attached hydrogens (tertiary/aromatic N) is 2. The van der Waals surface area contributed by atoms with Gasteiger partial charge >= 0.3 is 5.97 Å². The van der Waals surface area contributed by atoms with Gasteiger partial charge < -0.3 is 10.0 Å². The number of hydrogen-bond donors (Lipinski definition) is 1. The van der Waals surface area contributed by atoms with Crippen molar-refractivity contribution < 1.29 is 23.1 Å². The minimum atomic E-state index is -3.54. The van der Waals surface area contributed by atoms with Gasteiger partial charge in [0.15, 0.2) is 0 Å². The zero-order chi connectivity index (χ0) is 20.3. The summed E-state index contributed by atoms with van der Waals surface area (Å²) in [6, 6.07) is 5.07. The van der Waals surface area contributed by atoms with Crippen molar-refractivity contribution in [1.82, 2.24) is 4.31 Å². The van der Waals surface area contributed by atoms with Gasteiger partial charge in [-0.1, -0.05) is 13.3 Å². The van der Waals surface area contributed by atoms with Gasteiger partial charge in [-0.2, -0.15) is 4.31 Å². The molecule has 8 heteroatoms. The molecule has 0 saturated carbocycles. The number of hydrogen-bond acceptors (Lipinski definition) is 4. The van der Waals surface area contributed by atoms with Crippen LogP contribution in [0.1, 0.15) is 57.4 Å². The molecule has 28 heavy (non-hydrogen) atoms. The molecule has 1 amide bonds. The number of carboxylic acids is 1. The third-order valence-electron chi connectivity index (χ3n) is 5.68.